The molecule has 0 bridgehead atoms. The predicted octanol–water partition coefficient (Wildman–Crippen LogP) is 3.92. The molecule has 1 fully saturated rings. The second-order valence-electron chi connectivity index (χ2n) is 9.14. The van der Waals surface area contributed by atoms with Gasteiger partial charge in [-0.15, -0.1) is 0 Å². The van der Waals surface area contributed by atoms with Crippen LogP contribution in [0.4, 0.5) is 5.69 Å². The van der Waals surface area contributed by atoms with E-state index >= 15 is 0 Å². The number of anilines is 1. The van der Waals surface area contributed by atoms with Crippen LogP contribution in [0.25, 0.3) is 11.5 Å². The molecule has 7 nitrogen and oxygen atoms in total. The van der Waals surface area contributed by atoms with Crippen molar-refractivity contribution in [3.05, 3.63) is 71.1 Å². The van der Waals surface area contributed by atoms with Gasteiger partial charge >= 0.3 is 0 Å². The summed E-state index contributed by atoms with van der Waals surface area (Å²) in [6.07, 6.45) is 0. The van der Waals surface area contributed by atoms with E-state index in [1.54, 1.807) is 11.8 Å². The first-order valence-electron chi connectivity index (χ1n) is 11.5. The number of aryl methyl sites for hydroxylation is 3. The largest absolute Gasteiger partial charge is 0.441 e. The minimum absolute atomic E-state index is 0.0945. The Kier molecular flexibility index (Phi) is 6.79. The molecule has 4 rings (SSSR count). The first-order chi connectivity index (χ1) is 16.1. The highest BCUT2D eigenvalue weighted by Crippen LogP contribution is 2.24. The number of benzene rings is 2. The molecule has 1 atom stereocenters. The van der Waals surface area contributed by atoms with Crippen LogP contribution in [0.2, 0.25) is 0 Å². The Morgan fingerprint density at radius 3 is 2.47 bits per heavy atom. The zero-order valence-electron chi connectivity index (χ0n) is 20.1. The van der Waals surface area contributed by atoms with Gasteiger partial charge in [0.2, 0.25) is 11.8 Å². The first-order valence-corrected chi connectivity index (χ1v) is 13.3. The molecule has 34 heavy (non-hydrogen) atoms. The average molecular weight is 482 g/mol. The van der Waals surface area contributed by atoms with Crippen LogP contribution < -0.4 is 4.90 Å². The molecule has 2 aromatic carbocycles. The lowest BCUT2D eigenvalue weighted by Crippen LogP contribution is -2.54. The number of carbonyl (C=O) groups excluding carboxylic acids is 1. The van der Waals surface area contributed by atoms with Gasteiger partial charge in [0, 0.05) is 36.9 Å². The predicted molar refractivity (Wildman–Crippen MR) is 133 cm³/mol. The fraction of sp³-hybridized carbons (Fsp3) is 0.385. The van der Waals surface area contributed by atoms with Crippen LogP contribution >= 0.6 is 0 Å². The Hall–Kier alpha value is -3.13. The molecule has 2 heterocycles. The van der Waals surface area contributed by atoms with E-state index in [0.717, 1.165) is 16.8 Å². The van der Waals surface area contributed by atoms with Crippen molar-refractivity contribution in [3.63, 3.8) is 0 Å². The zero-order valence-corrected chi connectivity index (χ0v) is 20.9. The molecule has 8 heteroatoms. The third-order valence-corrected chi connectivity index (χ3v) is 7.60. The third-order valence-electron chi connectivity index (χ3n) is 6.20. The lowest BCUT2D eigenvalue weighted by Gasteiger charge is -2.41. The molecule has 0 radical (unpaired) electrons. The maximum absolute atomic E-state index is 12.9. The molecular weight excluding hydrogens is 450 g/mol. The monoisotopic (exact) mass is 481 g/mol. The van der Waals surface area contributed by atoms with Crippen LogP contribution in [0.15, 0.2) is 52.9 Å². The summed E-state index contributed by atoms with van der Waals surface area (Å²) in [5, 5.41) is 0. The number of rotatable bonds is 6. The first kappa shape index (κ1) is 24.0. The van der Waals surface area contributed by atoms with Gasteiger partial charge in [-0.3, -0.25) is 4.79 Å². The number of hydrogen-bond donors (Lipinski definition) is 0. The molecule has 1 amide bonds. The van der Waals surface area contributed by atoms with E-state index in [1.165, 1.54) is 5.56 Å². The Morgan fingerprint density at radius 2 is 1.79 bits per heavy atom. The van der Waals surface area contributed by atoms with E-state index < -0.39 is 15.6 Å². The van der Waals surface area contributed by atoms with E-state index in [4.69, 9.17) is 4.42 Å². The fourth-order valence-corrected chi connectivity index (χ4v) is 5.64. The maximum atomic E-state index is 12.9. The maximum Gasteiger partial charge on any atom is 0.237 e. The molecular formula is C26H31N3O4S. The molecule has 180 valence electrons. The number of nitrogens with zero attached hydrogens (tertiary/aromatic N) is 3. The second kappa shape index (κ2) is 9.62. The van der Waals surface area contributed by atoms with Gasteiger partial charge in [0.25, 0.3) is 0 Å². The topological polar surface area (TPSA) is 83.7 Å². The van der Waals surface area contributed by atoms with Gasteiger partial charge in [0.1, 0.15) is 11.5 Å². The third kappa shape index (κ3) is 5.50. The van der Waals surface area contributed by atoms with E-state index in [0.29, 0.717) is 37.0 Å². The number of carbonyl (C=O) groups is 1. The normalized spacial score (nSPS) is 16.6. The Labute approximate surface area is 201 Å². The molecule has 1 aliphatic heterocycles. The van der Waals surface area contributed by atoms with Crippen molar-refractivity contribution >= 4 is 21.4 Å². The molecule has 0 spiro atoms. The summed E-state index contributed by atoms with van der Waals surface area (Å²) in [6, 6.07) is 16.0. The molecule has 0 unspecified atom stereocenters. The highest BCUT2D eigenvalue weighted by Gasteiger charge is 2.30. The minimum Gasteiger partial charge on any atom is -0.441 e. The van der Waals surface area contributed by atoms with Crippen molar-refractivity contribution in [2.24, 2.45) is 0 Å². The molecule has 0 N–H and O–H groups in total. The molecule has 0 aliphatic carbocycles. The number of sulfone groups is 1. The van der Waals surface area contributed by atoms with Crippen LogP contribution in [-0.2, 0) is 20.4 Å². The minimum atomic E-state index is -3.70. The van der Waals surface area contributed by atoms with Gasteiger partial charge in [0.05, 0.1) is 11.4 Å². The summed E-state index contributed by atoms with van der Waals surface area (Å²) in [4.78, 5) is 21.2. The van der Waals surface area contributed by atoms with Crippen molar-refractivity contribution in [2.75, 3.05) is 30.3 Å². The summed E-state index contributed by atoms with van der Waals surface area (Å²) in [6.45, 7) is 9.45. The summed E-state index contributed by atoms with van der Waals surface area (Å²) < 4.78 is 31.4. The molecule has 1 aromatic heterocycles. The number of amides is 1. The second-order valence-corrected chi connectivity index (χ2v) is 11.2. The molecule has 3 aromatic rings. The lowest BCUT2D eigenvalue weighted by molar-refractivity contribution is -0.129. The van der Waals surface area contributed by atoms with E-state index in [1.807, 2.05) is 37.3 Å². The number of piperazine rings is 1. The lowest BCUT2D eigenvalue weighted by atomic mass is 10.1. The van der Waals surface area contributed by atoms with Crippen LogP contribution in [-0.4, -0.2) is 55.6 Å². The highest BCUT2D eigenvalue weighted by molar-refractivity contribution is 7.91. The quantitative estimate of drug-likeness (QED) is 0.531. The average Bonchev–Trinajstić information content (AvgIpc) is 3.13. The molecule has 0 saturated carbocycles. The van der Waals surface area contributed by atoms with Gasteiger partial charge in [-0.2, -0.15) is 0 Å². The zero-order chi connectivity index (χ0) is 24.5. The summed E-state index contributed by atoms with van der Waals surface area (Å²) in [5.41, 5.74) is 4.55. The van der Waals surface area contributed by atoms with E-state index in [9.17, 15) is 13.2 Å². The number of oxazole rings is 1. The highest BCUT2D eigenvalue weighted by atomic mass is 32.2. The summed E-state index contributed by atoms with van der Waals surface area (Å²) >= 11 is 0. The standard InChI is InChI=1S/C26H31N3O4S/c1-18-8-10-22(11-9-18)26-27-24(21(4)33-26)16-34(31,32)17-25(30)28-12-13-29(20(3)15-28)23-7-5-6-19(2)14-23/h5-11,14,20H,12-13,15-17H2,1-4H3/t20-/m1/s1. The Bertz CT molecular complexity index is 1280. The SMILES string of the molecule is Cc1ccc(-c2nc(CS(=O)(=O)CC(=O)N3CCN(c4cccc(C)c4)[C@H](C)C3)c(C)o2)cc1. The van der Waals surface area contributed by atoms with E-state index in [2.05, 4.69) is 41.9 Å². The van der Waals surface area contributed by atoms with Crippen molar-refractivity contribution in [1.82, 2.24) is 9.88 Å². The van der Waals surface area contributed by atoms with Crippen LogP contribution in [0, 0.1) is 20.8 Å². The Morgan fingerprint density at radius 1 is 1.06 bits per heavy atom. The molecule has 1 saturated heterocycles. The van der Waals surface area contributed by atoms with Gasteiger partial charge in [-0.05, 0) is 57.5 Å². The van der Waals surface area contributed by atoms with Gasteiger partial charge in [0.15, 0.2) is 9.84 Å². The Balaban J connectivity index is 1.39. The van der Waals surface area contributed by atoms with Crippen molar-refractivity contribution in [3.8, 4) is 11.5 Å². The van der Waals surface area contributed by atoms with Gasteiger partial charge in [-0.1, -0.05) is 29.8 Å². The number of aromatic nitrogens is 1. The van der Waals surface area contributed by atoms with Crippen molar-refractivity contribution < 1.29 is 17.6 Å². The van der Waals surface area contributed by atoms with Crippen LogP contribution in [0.1, 0.15) is 29.5 Å². The van der Waals surface area contributed by atoms with Crippen molar-refractivity contribution in [2.45, 2.75) is 39.5 Å². The summed E-state index contributed by atoms with van der Waals surface area (Å²) in [5.74, 6) is -0.382. The van der Waals surface area contributed by atoms with Gasteiger partial charge in [-0.25, -0.2) is 13.4 Å². The van der Waals surface area contributed by atoms with Crippen LogP contribution in [0.3, 0.4) is 0 Å². The van der Waals surface area contributed by atoms with E-state index in [-0.39, 0.29) is 17.7 Å². The van der Waals surface area contributed by atoms with Crippen LogP contribution in [0.5, 0.6) is 0 Å². The van der Waals surface area contributed by atoms with Crippen molar-refractivity contribution in [1.29, 1.82) is 0 Å². The van der Waals surface area contributed by atoms with Gasteiger partial charge < -0.3 is 14.2 Å². The number of hydrogen-bond acceptors (Lipinski definition) is 6. The molecule has 1 aliphatic rings. The fourth-order valence-electron chi connectivity index (χ4n) is 4.29. The smallest absolute Gasteiger partial charge is 0.237 e. The summed E-state index contributed by atoms with van der Waals surface area (Å²) in [7, 11) is -3.70.